The third-order valence-corrected chi connectivity index (χ3v) is 7.82. The fourth-order valence-corrected chi connectivity index (χ4v) is 5.89. The molecule has 2 aliphatic rings. The lowest BCUT2D eigenvalue weighted by atomic mass is 10.2. The van der Waals surface area contributed by atoms with Crippen molar-refractivity contribution in [2.75, 3.05) is 18.0 Å². The van der Waals surface area contributed by atoms with Crippen molar-refractivity contribution in [3.63, 3.8) is 0 Å². The first-order chi connectivity index (χ1) is 16.9. The Labute approximate surface area is 209 Å². The largest absolute Gasteiger partial charge is 0.342 e. The first kappa shape index (κ1) is 24.1. The van der Waals surface area contributed by atoms with Gasteiger partial charge in [-0.05, 0) is 51.7 Å². The van der Waals surface area contributed by atoms with Crippen LogP contribution in [0.5, 0.6) is 0 Å². The van der Waals surface area contributed by atoms with E-state index in [2.05, 4.69) is 4.90 Å². The number of aromatic nitrogens is 4. The average Bonchev–Trinajstić information content (AvgIpc) is 3.37. The molecule has 1 saturated carbocycles. The van der Waals surface area contributed by atoms with E-state index < -0.39 is 5.82 Å². The highest BCUT2D eigenvalue weighted by Crippen LogP contribution is 2.31. The lowest BCUT2D eigenvalue weighted by molar-refractivity contribution is 0.445. The molecule has 0 radical (unpaired) electrons. The number of hydrogen-bond acceptors (Lipinski definition) is 4. The maximum atomic E-state index is 14.9. The normalized spacial score (nSPS) is 17.6. The van der Waals surface area contributed by atoms with Crippen molar-refractivity contribution in [1.82, 2.24) is 18.7 Å². The van der Waals surface area contributed by atoms with Crippen LogP contribution in [0, 0.1) is 5.82 Å². The van der Waals surface area contributed by atoms with Crippen molar-refractivity contribution in [3.8, 4) is 0 Å². The summed E-state index contributed by atoms with van der Waals surface area (Å²) < 4.78 is 19.8. The second-order valence-electron chi connectivity index (χ2n) is 10.1. The van der Waals surface area contributed by atoms with Gasteiger partial charge in [-0.15, -0.1) is 0 Å². The lowest BCUT2D eigenvalue weighted by Gasteiger charge is -2.23. The highest BCUT2D eigenvalue weighted by Gasteiger charge is 2.30. The fraction of sp³-hybridized carbons (Fsp3) is 0.577. The third-order valence-electron chi connectivity index (χ3n) is 7.46. The molecule has 1 aliphatic heterocycles. The molecule has 5 rings (SSSR count). The lowest BCUT2D eigenvalue weighted by Crippen LogP contribution is -2.43. The minimum Gasteiger partial charge on any atom is -0.342 e. The Bertz CT molecular complexity index is 1320. The Morgan fingerprint density at radius 2 is 1.74 bits per heavy atom. The summed E-state index contributed by atoms with van der Waals surface area (Å²) >= 11 is 6.42. The van der Waals surface area contributed by atoms with Crippen molar-refractivity contribution in [3.05, 3.63) is 55.4 Å². The van der Waals surface area contributed by atoms with E-state index in [-0.39, 0.29) is 29.9 Å². The van der Waals surface area contributed by atoms with E-state index in [0.29, 0.717) is 27.7 Å². The van der Waals surface area contributed by atoms with Crippen LogP contribution in [-0.4, -0.2) is 31.8 Å². The summed E-state index contributed by atoms with van der Waals surface area (Å²) in [5.74, 6) is 0.186. The van der Waals surface area contributed by atoms with Crippen molar-refractivity contribution in [1.29, 1.82) is 0 Å². The minimum absolute atomic E-state index is 0.0735. The standard InChI is InChI=1S/C26H33ClFN5O2/c1-17(2)32-23-22(24(34)33(26(32)35)18-10-5-6-11-18)31(16-19-20(27)12-9-13-21(19)28)25(29-23)30-14-7-3-4-8-15-30/h9,12-13,17-18H,3-8,10-11,14-16H2,1-2H3. The van der Waals surface area contributed by atoms with Crippen LogP contribution in [0.4, 0.5) is 10.3 Å². The van der Waals surface area contributed by atoms with E-state index in [1.54, 1.807) is 21.3 Å². The molecule has 1 aromatic carbocycles. The summed E-state index contributed by atoms with van der Waals surface area (Å²) in [6, 6.07) is 4.31. The molecule has 0 unspecified atom stereocenters. The number of rotatable bonds is 5. The van der Waals surface area contributed by atoms with Gasteiger partial charge in [-0.1, -0.05) is 43.4 Å². The van der Waals surface area contributed by atoms with Crippen LogP contribution >= 0.6 is 11.6 Å². The molecule has 0 atom stereocenters. The van der Waals surface area contributed by atoms with Gasteiger partial charge in [-0.3, -0.25) is 18.5 Å². The quantitative estimate of drug-likeness (QED) is 0.477. The summed E-state index contributed by atoms with van der Waals surface area (Å²) in [5.41, 5.74) is 0.397. The number of anilines is 1. The second-order valence-corrected chi connectivity index (χ2v) is 10.5. The fourth-order valence-electron chi connectivity index (χ4n) is 5.67. The van der Waals surface area contributed by atoms with Crippen molar-refractivity contribution >= 4 is 28.7 Å². The molecule has 0 spiro atoms. The molecule has 0 bridgehead atoms. The van der Waals surface area contributed by atoms with Crippen LogP contribution in [0.2, 0.25) is 5.02 Å². The van der Waals surface area contributed by atoms with Crippen LogP contribution in [0.3, 0.4) is 0 Å². The Balaban J connectivity index is 1.82. The van der Waals surface area contributed by atoms with Crippen molar-refractivity contribution < 1.29 is 4.39 Å². The molecule has 1 aliphatic carbocycles. The van der Waals surface area contributed by atoms with Crippen LogP contribution in [0.15, 0.2) is 27.8 Å². The first-order valence-electron chi connectivity index (χ1n) is 12.8. The molecule has 3 aromatic rings. The highest BCUT2D eigenvalue weighted by molar-refractivity contribution is 6.31. The maximum absolute atomic E-state index is 14.9. The third kappa shape index (κ3) is 4.30. The first-order valence-corrected chi connectivity index (χ1v) is 13.2. The van der Waals surface area contributed by atoms with E-state index in [1.165, 1.54) is 10.6 Å². The van der Waals surface area contributed by atoms with Gasteiger partial charge in [0.2, 0.25) is 5.95 Å². The van der Waals surface area contributed by atoms with Crippen molar-refractivity contribution in [2.24, 2.45) is 0 Å². The zero-order chi connectivity index (χ0) is 24.7. The summed E-state index contributed by atoms with van der Waals surface area (Å²) in [6.07, 6.45) is 7.94. The summed E-state index contributed by atoms with van der Waals surface area (Å²) in [5, 5.41) is 0.307. The molecule has 7 nitrogen and oxygen atoms in total. The van der Waals surface area contributed by atoms with Gasteiger partial charge >= 0.3 is 5.69 Å². The average molecular weight is 502 g/mol. The minimum atomic E-state index is -0.422. The Hall–Kier alpha value is -2.61. The van der Waals surface area contributed by atoms with Crippen LogP contribution < -0.4 is 16.1 Å². The van der Waals surface area contributed by atoms with Gasteiger partial charge < -0.3 is 4.90 Å². The summed E-state index contributed by atoms with van der Waals surface area (Å²) in [4.78, 5) is 34.7. The summed E-state index contributed by atoms with van der Waals surface area (Å²) in [6.45, 7) is 5.55. The van der Waals surface area contributed by atoms with Gasteiger partial charge in [0.05, 0.1) is 6.54 Å². The van der Waals surface area contributed by atoms with Crippen LogP contribution in [0.1, 0.15) is 82.9 Å². The zero-order valence-corrected chi connectivity index (χ0v) is 21.2. The van der Waals surface area contributed by atoms with Crippen molar-refractivity contribution in [2.45, 2.75) is 83.8 Å². The molecular weight excluding hydrogens is 469 g/mol. The topological polar surface area (TPSA) is 65.1 Å². The highest BCUT2D eigenvalue weighted by atomic mass is 35.5. The van der Waals surface area contributed by atoms with E-state index in [0.717, 1.165) is 64.5 Å². The predicted octanol–water partition coefficient (Wildman–Crippen LogP) is 5.28. The molecule has 3 heterocycles. The van der Waals surface area contributed by atoms with Gasteiger partial charge in [0.1, 0.15) is 5.82 Å². The second kappa shape index (κ2) is 9.80. The maximum Gasteiger partial charge on any atom is 0.333 e. The Kier molecular flexibility index (Phi) is 6.75. The molecule has 2 aromatic heterocycles. The van der Waals surface area contributed by atoms with E-state index in [9.17, 15) is 14.0 Å². The Morgan fingerprint density at radius 3 is 2.37 bits per heavy atom. The predicted molar refractivity (Wildman–Crippen MR) is 137 cm³/mol. The Morgan fingerprint density at radius 1 is 1.06 bits per heavy atom. The van der Waals surface area contributed by atoms with E-state index in [1.807, 2.05) is 13.8 Å². The number of imidazole rings is 1. The molecule has 0 amide bonds. The zero-order valence-electron chi connectivity index (χ0n) is 20.5. The van der Waals surface area contributed by atoms with Gasteiger partial charge in [0.25, 0.3) is 5.56 Å². The molecule has 35 heavy (non-hydrogen) atoms. The van der Waals surface area contributed by atoms with E-state index >= 15 is 0 Å². The number of fused-ring (bicyclic) bond motifs is 1. The van der Waals surface area contributed by atoms with E-state index in [4.69, 9.17) is 16.6 Å². The molecule has 1 saturated heterocycles. The SMILES string of the molecule is CC(C)n1c(=O)n(C2CCCC2)c(=O)c2c1nc(N1CCCCCC1)n2Cc1c(F)cccc1Cl. The van der Waals surface area contributed by atoms with Crippen LogP contribution in [0.25, 0.3) is 11.2 Å². The number of halogens is 2. The van der Waals surface area contributed by atoms with Gasteiger partial charge in [-0.2, -0.15) is 4.98 Å². The monoisotopic (exact) mass is 501 g/mol. The molecule has 9 heteroatoms. The number of benzene rings is 1. The number of nitrogens with zero attached hydrogens (tertiary/aromatic N) is 5. The summed E-state index contributed by atoms with van der Waals surface area (Å²) in [7, 11) is 0. The van der Waals surface area contributed by atoms with Gasteiger partial charge in [0.15, 0.2) is 11.2 Å². The molecular formula is C26H33ClFN5O2. The van der Waals surface area contributed by atoms with Crippen LogP contribution in [-0.2, 0) is 6.54 Å². The molecule has 0 N–H and O–H groups in total. The number of hydrogen-bond donors (Lipinski definition) is 0. The molecule has 188 valence electrons. The smallest absolute Gasteiger partial charge is 0.333 e. The van der Waals surface area contributed by atoms with Gasteiger partial charge in [0, 0.05) is 35.8 Å². The van der Waals surface area contributed by atoms with Gasteiger partial charge in [-0.25, -0.2) is 9.18 Å². The molecule has 2 fully saturated rings.